The van der Waals surface area contributed by atoms with Gasteiger partial charge in [-0.15, -0.1) is 11.3 Å². The second kappa shape index (κ2) is 3.82. The molecule has 0 saturated heterocycles. The number of hydrogen-bond acceptors (Lipinski definition) is 4. The van der Waals surface area contributed by atoms with Crippen LogP contribution in [-0.4, -0.2) is 21.1 Å². The molecule has 0 bridgehead atoms. The van der Waals surface area contributed by atoms with Gasteiger partial charge in [-0.3, -0.25) is 9.89 Å². The van der Waals surface area contributed by atoms with Crippen LogP contribution in [0.1, 0.15) is 20.4 Å². The van der Waals surface area contributed by atoms with Crippen molar-refractivity contribution in [2.75, 3.05) is 5.32 Å². The van der Waals surface area contributed by atoms with E-state index >= 15 is 0 Å². The van der Waals surface area contributed by atoms with Crippen molar-refractivity contribution in [1.82, 2.24) is 15.2 Å². The van der Waals surface area contributed by atoms with Crippen LogP contribution < -0.4 is 5.32 Å². The van der Waals surface area contributed by atoms with Gasteiger partial charge in [-0.1, -0.05) is 0 Å². The molecule has 5 nitrogen and oxygen atoms in total. The average molecular weight is 222 g/mol. The lowest BCUT2D eigenvalue weighted by atomic mass is 10.3. The van der Waals surface area contributed by atoms with E-state index in [1.165, 1.54) is 11.3 Å². The van der Waals surface area contributed by atoms with Crippen molar-refractivity contribution in [2.45, 2.75) is 13.8 Å². The van der Waals surface area contributed by atoms with Crippen LogP contribution >= 0.6 is 11.3 Å². The van der Waals surface area contributed by atoms with Crippen molar-refractivity contribution in [1.29, 1.82) is 0 Å². The number of H-pyrrole nitrogens is 1. The predicted molar refractivity (Wildman–Crippen MR) is 58.1 cm³/mol. The first kappa shape index (κ1) is 9.85. The van der Waals surface area contributed by atoms with E-state index in [0.29, 0.717) is 11.5 Å². The number of rotatable bonds is 2. The minimum atomic E-state index is -0.207. The molecule has 1 amide bonds. The first-order chi connectivity index (χ1) is 7.16. The second-order valence-electron chi connectivity index (χ2n) is 3.06. The summed E-state index contributed by atoms with van der Waals surface area (Å²) in [7, 11) is 0. The van der Waals surface area contributed by atoms with Crippen LogP contribution in [0.5, 0.6) is 0 Å². The van der Waals surface area contributed by atoms with E-state index in [-0.39, 0.29) is 5.91 Å². The van der Waals surface area contributed by atoms with Crippen molar-refractivity contribution >= 4 is 23.1 Å². The Kier molecular flexibility index (Phi) is 2.51. The maximum atomic E-state index is 11.7. The van der Waals surface area contributed by atoms with Crippen LogP contribution in [-0.2, 0) is 0 Å². The Hall–Kier alpha value is -1.69. The minimum absolute atomic E-state index is 0.207. The van der Waals surface area contributed by atoms with Crippen LogP contribution in [0, 0.1) is 13.8 Å². The van der Waals surface area contributed by atoms with E-state index in [0.717, 1.165) is 9.88 Å². The Bertz CT molecular complexity index is 474. The molecule has 0 saturated carbocycles. The fourth-order valence-electron chi connectivity index (χ4n) is 1.25. The summed E-state index contributed by atoms with van der Waals surface area (Å²) >= 11 is 1.51. The molecule has 0 unspecified atom stereocenters. The second-order valence-corrected chi connectivity index (χ2v) is 4.47. The summed E-state index contributed by atoms with van der Waals surface area (Å²) in [6.45, 7) is 3.76. The zero-order valence-electron chi connectivity index (χ0n) is 8.37. The highest BCUT2D eigenvalue weighted by atomic mass is 32.1. The molecule has 2 N–H and O–H groups in total. The van der Waals surface area contributed by atoms with Gasteiger partial charge in [-0.25, -0.2) is 4.98 Å². The summed E-state index contributed by atoms with van der Waals surface area (Å²) in [5.74, 6) is 0.367. The van der Waals surface area contributed by atoms with E-state index in [2.05, 4.69) is 20.5 Å². The number of amides is 1. The Morgan fingerprint density at radius 2 is 2.33 bits per heavy atom. The Balaban J connectivity index is 2.18. The molecular weight excluding hydrogens is 212 g/mol. The molecule has 0 fully saturated rings. The Morgan fingerprint density at radius 1 is 1.53 bits per heavy atom. The number of anilines is 1. The molecule has 78 valence electrons. The van der Waals surface area contributed by atoms with Crippen LogP contribution in [0.15, 0.2) is 12.3 Å². The van der Waals surface area contributed by atoms with Gasteiger partial charge < -0.3 is 5.32 Å². The molecule has 6 heteroatoms. The highest BCUT2D eigenvalue weighted by molar-refractivity contribution is 7.11. The van der Waals surface area contributed by atoms with E-state index in [1.807, 2.05) is 13.8 Å². The molecule has 2 aromatic rings. The maximum absolute atomic E-state index is 11.7. The number of aromatic amines is 1. The molecule has 2 aromatic heterocycles. The molecule has 0 aliphatic carbocycles. The quantitative estimate of drug-likeness (QED) is 0.813. The molecule has 2 rings (SSSR count). The van der Waals surface area contributed by atoms with Gasteiger partial charge in [0.25, 0.3) is 5.91 Å². The lowest BCUT2D eigenvalue weighted by Gasteiger charge is -1.99. The van der Waals surface area contributed by atoms with Gasteiger partial charge in [-0.05, 0) is 13.8 Å². The summed E-state index contributed by atoms with van der Waals surface area (Å²) < 4.78 is 0. The zero-order valence-corrected chi connectivity index (χ0v) is 9.18. The number of nitrogens with one attached hydrogen (secondary N) is 2. The highest BCUT2D eigenvalue weighted by Crippen LogP contribution is 2.17. The molecule has 0 spiro atoms. The monoisotopic (exact) mass is 222 g/mol. The van der Waals surface area contributed by atoms with Gasteiger partial charge in [0.15, 0.2) is 0 Å². The first-order valence-corrected chi connectivity index (χ1v) is 5.23. The van der Waals surface area contributed by atoms with Crippen LogP contribution in [0.25, 0.3) is 0 Å². The van der Waals surface area contributed by atoms with Crippen LogP contribution in [0.4, 0.5) is 5.82 Å². The molecule has 0 radical (unpaired) electrons. The standard InChI is InChI=1S/C9H10N4OS/c1-5-8(11-6(2)15-5)9(14)12-7-3-4-10-13-7/h3-4H,1-2H3,(H2,10,12,13,14). The maximum Gasteiger partial charge on any atom is 0.276 e. The molecule has 0 aromatic carbocycles. The summed E-state index contributed by atoms with van der Waals surface area (Å²) in [4.78, 5) is 16.8. The predicted octanol–water partition coefficient (Wildman–Crippen LogP) is 1.74. The number of hydrogen-bond donors (Lipinski definition) is 2. The molecule has 0 aliphatic heterocycles. The fourth-order valence-corrected chi connectivity index (χ4v) is 2.06. The SMILES string of the molecule is Cc1nc(C(=O)Nc2ccn[nH]2)c(C)s1. The number of aryl methyl sites for hydroxylation is 2. The van der Waals surface area contributed by atoms with Crippen molar-refractivity contribution < 1.29 is 4.79 Å². The first-order valence-electron chi connectivity index (χ1n) is 4.41. The van der Waals surface area contributed by atoms with Crippen molar-refractivity contribution in [2.24, 2.45) is 0 Å². The van der Waals surface area contributed by atoms with E-state index < -0.39 is 0 Å². The summed E-state index contributed by atoms with van der Waals surface area (Å²) in [5, 5.41) is 9.97. The lowest BCUT2D eigenvalue weighted by Crippen LogP contribution is -2.13. The molecule has 15 heavy (non-hydrogen) atoms. The lowest BCUT2D eigenvalue weighted by molar-refractivity contribution is 0.102. The average Bonchev–Trinajstić information content (AvgIpc) is 2.75. The number of carbonyl (C=O) groups is 1. The third kappa shape index (κ3) is 2.04. The largest absolute Gasteiger partial charge is 0.306 e. The van der Waals surface area contributed by atoms with Crippen molar-refractivity contribution in [3.8, 4) is 0 Å². The van der Waals surface area contributed by atoms with Gasteiger partial charge >= 0.3 is 0 Å². The fraction of sp³-hybridized carbons (Fsp3) is 0.222. The molecule has 0 aliphatic rings. The van der Waals surface area contributed by atoms with E-state index in [1.54, 1.807) is 12.3 Å². The number of nitrogens with zero attached hydrogens (tertiary/aromatic N) is 2. The van der Waals surface area contributed by atoms with Crippen molar-refractivity contribution in [3.63, 3.8) is 0 Å². The number of aromatic nitrogens is 3. The van der Waals surface area contributed by atoms with Crippen LogP contribution in [0.3, 0.4) is 0 Å². The topological polar surface area (TPSA) is 70.7 Å². The van der Waals surface area contributed by atoms with Crippen molar-refractivity contribution in [3.05, 3.63) is 27.8 Å². The minimum Gasteiger partial charge on any atom is -0.306 e. The zero-order chi connectivity index (χ0) is 10.8. The Morgan fingerprint density at radius 3 is 2.87 bits per heavy atom. The van der Waals surface area contributed by atoms with Gasteiger partial charge in [0.2, 0.25) is 0 Å². The molecule has 2 heterocycles. The van der Waals surface area contributed by atoms with E-state index in [9.17, 15) is 4.79 Å². The number of thiazole rings is 1. The van der Waals surface area contributed by atoms with Gasteiger partial charge in [0.1, 0.15) is 11.5 Å². The smallest absolute Gasteiger partial charge is 0.276 e. The highest BCUT2D eigenvalue weighted by Gasteiger charge is 2.14. The molecular formula is C9H10N4OS. The summed E-state index contributed by atoms with van der Waals surface area (Å²) in [6.07, 6.45) is 1.58. The number of carbonyl (C=O) groups excluding carboxylic acids is 1. The van der Waals surface area contributed by atoms with Gasteiger partial charge in [-0.2, -0.15) is 5.10 Å². The summed E-state index contributed by atoms with van der Waals surface area (Å²) in [6, 6.07) is 1.69. The molecule has 0 atom stereocenters. The van der Waals surface area contributed by atoms with Gasteiger partial charge in [0, 0.05) is 10.9 Å². The third-order valence-electron chi connectivity index (χ3n) is 1.87. The van der Waals surface area contributed by atoms with Crippen LogP contribution in [0.2, 0.25) is 0 Å². The third-order valence-corrected chi connectivity index (χ3v) is 2.75. The Labute approximate surface area is 90.6 Å². The normalized spacial score (nSPS) is 10.3. The summed E-state index contributed by atoms with van der Waals surface area (Å²) in [5.41, 5.74) is 0.479. The van der Waals surface area contributed by atoms with E-state index in [4.69, 9.17) is 0 Å². The van der Waals surface area contributed by atoms with Gasteiger partial charge in [0.05, 0.1) is 11.2 Å².